The summed E-state index contributed by atoms with van der Waals surface area (Å²) in [6.07, 6.45) is 0. The van der Waals surface area contributed by atoms with Crippen LogP contribution >= 0.6 is 24.0 Å². The number of carbonyl (C=O) groups excluding carboxylic acids is 2. The molecule has 88 valence electrons. The van der Waals surface area contributed by atoms with E-state index in [0.717, 1.165) is 10.6 Å². The summed E-state index contributed by atoms with van der Waals surface area (Å²) in [6, 6.07) is 7.15. The molecule has 0 spiro atoms. The van der Waals surface area contributed by atoms with Crippen molar-refractivity contribution in [1.29, 1.82) is 0 Å². The highest BCUT2D eigenvalue weighted by Crippen LogP contribution is 2.17. The number of rotatable bonds is 2. The Kier molecular flexibility index (Phi) is 3.44. The molecule has 0 unspecified atom stereocenters. The first kappa shape index (κ1) is 12.1. The molecule has 0 bridgehead atoms. The van der Waals surface area contributed by atoms with Crippen LogP contribution in [-0.4, -0.2) is 26.9 Å². The summed E-state index contributed by atoms with van der Waals surface area (Å²) in [5, 5.41) is 1.13. The van der Waals surface area contributed by atoms with E-state index in [-0.39, 0.29) is 17.6 Å². The van der Waals surface area contributed by atoms with E-state index in [1.54, 1.807) is 18.2 Å². The Morgan fingerprint density at radius 2 is 2.29 bits per heavy atom. The second-order valence-electron chi connectivity index (χ2n) is 3.59. The normalized spacial score (nSPS) is 15.2. The van der Waals surface area contributed by atoms with E-state index in [0.29, 0.717) is 9.88 Å². The van der Waals surface area contributed by atoms with E-state index in [1.807, 2.05) is 13.0 Å². The number of thioether (sulfide) groups is 1. The van der Waals surface area contributed by atoms with Gasteiger partial charge in [0.2, 0.25) is 0 Å². The maximum absolute atomic E-state index is 11.9. The molecular formula is C11H10N2O2S2. The Morgan fingerprint density at radius 3 is 2.88 bits per heavy atom. The number of thiocarbonyl (C=S) groups is 1. The van der Waals surface area contributed by atoms with Crippen molar-refractivity contribution >= 4 is 40.1 Å². The van der Waals surface area contributed by atoms with Gasteiger partial charge in [-0.25, -0.2) is 5.01 Å². The van der Waals surface area contributed by atoms with Crippen molar-refractivity contribution in [3.63, 3.8) is 0 Å². The van der Waals surface area contributed by atoms with Gasteiger partial charge >= 0.3 is 0 Å². The standard InChI is InChI=1S/C11H10N2O2S2/c1-7-3-2-4-8(5-7)10(15)12-13-9(14)6-17-11(13)16/h2-5H,6H2,1H3,(H,12,15). The predicted molar refractivity (Wildman–Crippen MR) is 70.5 cm³/mol. The molecule has 4 nitrogen and oxygen atoms in total. The highest BCUT2D eigenvalue weighted by molar-refractivity contribution is 8.23. The summed E-state index contributed by atoms with van der Waals surface area (Å²) in [7, 11) is 0. The van der Waals surface area contributed by atoms with Crippen LogP contribution in [0.15, 0.2) is 24.3 Å². The van der Waals surface area contributed by atoms with Crippen LogP contribution in [0.4, 0.5) is 0 Å². The molecule has 2 amide bonds. The smallest absolute Gasteiger partial charge is 0.270 e. The minimum atomic E-state index is -0.327. The Bertz CT molecular complexity index is 486. The molecular weight excluding hydrogens is 256 g/mol. The minimum Gasteiger partial charge on any atom is -0.272 e. The lowest BCUT2D eigenvalue weighted by atomic mass is 10.1. The third kappa shape index (κ3) is 2.65. The van der Waals surface area contributed by atoms with Crippen molar-refractivity contribution in [2.75, 3.05) is 5.75 Å². The summed E-state index contributed by atoms with van der Waals surface area (Å²) in [4.78, 5) is 23.3. The van der Waals surface area contributed by atoms with E-state index >= 15 is 0 Å². The number of hydrazine groups is 1. The van der Waals surface area contributed by atoms with Gasteiger partial charge in [0, 0.05) is 5.56 Å². The molecule has 6 heteroatoms. The molecule has 0 aliphatic carbocycles. The molecule has 2 rings (SSSR count). The molecule has 1 N–H and O–H groups in total. The van der Waals surface area contributed by atoms with Crippen molar-refractivity contribution in [1.82, 2.24) is 10.4 Å². The number of carbonyl (C=O) groups is 2. The van der Waals surface area contributed by atoms with Crippen molar-refractivity contribution in [2.24, 2.45) is 0 Å². The van der Waals surface area contributed by atoms with Gasteiger partial charge in [-0.1, -0.05) is 41.7 Å². The van der Waals surface area contributed by atoms with Crippen LogP contribution in [0.2, 0.25) is 0 Å². The summed E-state index contributed by atoms with van der Waals surface area (Å²) < 4.78 is 0.385. The quantitative estimate of drug-likeness (QED) is 0.824. The third-order valence-corrected chi connectivity index (χ3v) is 3.60. The minimum absolute atomic E-state index is 0.194. The lowest BCUT2D eigenvalue weighted by Gasteiger charge is -2.15. The zero-order valence-corrected chi connectivity index (χ0v) is 10.7. The first-order valence-electron chi connectivity index (χ1n) is 4.95. The number of hydrogen-bond acceptors (Lipinski definition) is 4. The zero-order valence-electron chi connectivity index (χ0n) is 9.10. The van der Waals surface area contributed by atoms with Gasteiger partial charge in [0.25, 0.3) is 11.8 Å². The number of benzene rings is 1. The van der Waals surface area contributed by atoms with Crippen LogP contribution in [0.5, 0.6) is 0 Å². The molecule has 1 heterocycles. The molecule has 17 heavy (non-hydrogen) atoms. The van der Waals surface area contributed by atoms with Gasteiger partial charge < -0.3 is 0 Å². The zero-order chi connectivity index (χ0) is 12.4. The van der Waals surface area contributed by atoms with Crippen LogP contribution in [0.3, 0.4) is 0 Å². The Balaban J connectivity index is 2.12. The van der Waals surface area contributed by atoms with Crippen LogP contribution in [0, 0.1) is 6.92 Å². The molecule has 0 atom stereocenters. The second-order valence-corrected chi connectivity index (χ2v) is 5.20. The van der Waals surface area contributed by atoms with E-state index < -0.39 is 0 Å². The molecule has 0 aromatic heterocycles. The number of nitrogens with zero attached hydrogens (tertiary/aromatic N) is 1. The maximum atomic E-state index is 11.9. The average Bonchev–Trinajstić information content (AvgIpc) is 2.61. The molecule has 0 saturated carbocycles. The molecule has 1 aromatic carbocycles. The SMILES string of the molecule is Cc1cccc(C(=O)NN2C(=O)CSC2=S)c1. The van der Waals surface area contributed by atoms with Crippen molar-refractivity contribution in [3.05, 3.63) is 35.4 Å². The third-order valence-electron chi connectivity index (χ3n) is 2.24. The highest BCUT2D eigenvalue weighted by atomic mass is 32.2. The van der Waals surface area contributed by atoms with Crippen LogP contribution in [0.25, 0.3) is 0 Å². The maximum Gasteiger partial charge on any atom is 0.270 e. The Labute approximate surface area is 108 Å². The van der Waals surface area contributed by atoms with Crippen LogP contribution < -0.4 is 5.43 Å². The summed E-state index contributed by atoms with van der Waals surface area (Å²) in [5.41, 5.74) is 4.00. The van der Waals surface area contributed by atoms with E-state index in [2.05, 4.69) is 5.43 Å². The summed E-state index contributed by atoms with van der Waals surface area (Å²) in [5.74, 6) is -0.236. The number of hydrogen-bond donors (Lipinski definition) is 1. The fraction of sp³-hybridized carbons (Fsp3) is 0.182. The summed E-state index contributed by atoms with van der Waals surface area (Å²) >= 11 is 6.21. The lowest BCUT2D eigenvalue weighted by molar-refractivity contribution is -0.125. The summed E-state index contributed by atoms with van der Waals surface area (Å²) in [6.45, 7) is 1.90. The molecule has 1 aromatic rings. The molecule has 1 fully saturated rings. The van der Waals surface area contributed by atoms with Crippen LogP contribution in [0.1, 0.15) is 15.9 Å². The Hall–Kier alpha value is -1.40. The van der Waals surface area contributed by atoms with Gasteiger partial charge in [0.1, 0.15) is 0 Å². The largest absolute Gasteiger partial charge is 0.272 e. The first-order valence-corrected chi connectivity index (χ1v) is 6.34. The van der Waals surface area contributed by atoms with E-state index in [1.165, 1.54) is 11.8 Å². The fourth-order valence-electron chi connectivity index (χ4n) is 1.41. The van der Waals surface area contributed by atoms with Gasteiger partial charge in [-0.2, -0.15) is 0 Å². The van der Waals surface area contributed by atoms with Gasteiger partial charge in [-0.3, -0.25) is 15.0 Å². The molecule has 1 saturated heterocycles. The van der Waals surface area contributed by atoms with Crippen molar-refractivity contribution < 1.29 is 9.59 Å². The lowest BCUT2D eigenvalue weighted by Crippen LogP contribution is -2.45. The van der Waals surface area contributed by atoms with Gasteiger partial charge in [0.05, 0.1) is 5.75 Å². The first-order chi connectivity index (χ1) is 8.08. The topological polar surface area (TPSA) is 49.4 Å². The highest BCUT2D eigenvalue weighted by Gasteiger charge is 2.28. The number of amides is 2. The average molecular weight is 266 g/mol. The second kappa shape index (κ2) is 4.85. The predicted octanol–water partition coefficient (Wildman–Crippen LogP) is 1.50. The van der Waals surface area contributed by atoms with Gasteiger partial charge in [0.15, 0.2) is 4.32 Å². The van der Waals surface area contributed by atoms with E-state index in [4.69, 9.17) is 12.2 Å². The Morgan fingerprint density at radius 1 is 1.53 bits per heavy atom. The fourth-order valence-corrected chi connectivity index (χ4v) is 2.39. The monoisotopic (exact) mass is 266 g/mol. The molecule has 1 aliphatic heterocycles. The molecule has 1 aliphatic rings. The van der Waals surface area contributed by atoms with Gasteiger partial charge in [-0.15, -0.1) is 0 Å². The molecule has 0 radical (unpaired) electrons. The number of nitrogens with one attached hydrogen (secondary N) is 1. The van der Waals surface area contributed by atoms with Gasteiger partial charge in [-0.05, 0) is 19.1 Å². The van der Waals surface area contributed by atoms with Crippen molar-refractivity contribution in [2.45, 2.75) is 6.92 Å². The number of aryl methyl sites for hydroxylation is 1. The van der Waals surface area contributed by atoms with Crippen LogP contribution in [-0.2, 0) is 4.79 Å². The van der Waals surface area contributed by atoms with E-state index in [9.17, 15) is 9.59 Å². The van der Waals surface area contributed by atoms with Crippen molar-refractivity contribution in [3.8, 4) is 0 Å².